The Labute approximate surface area is 162 Å². The molecule has 7 nitrogen and oxygen atoms in total. The van der Waals surface area contributed by atoms with Gasteiger partial charge in [0.25, 0.3) is 0 Å². The summed E-state index contributed by atoms with van der Waals surface area (Å²) in [5, 5.41) is 0. The molecule has 0 bridgehead atoms. The van der Waals surface area contributed by atoms with Crippen LogP contribution in [0.5, 0.6) is 0 Å². The zero-order valence-electron chi connectivity index (χ0n) is 16.1. The van der Waals surface area contributed by atoms with Crippen molar-refractivity contribution in [1.82, 2.24) is 4.98 Å². The van der Waals surface area contributed by atoms with E-state index in [1.807, 2.05) is 0 Å². The first-order valence-corrected chi connectivity index (χ1v) is 8.51. The van der Waals surface area contributed by atoms with E-state index in [1.165, 1.54) is 26.2 Å². The number of hydrogen-bond donors (Lipinski definition) is 1. The third-order valence-corrected chi connectivity index (χ3v) is 4.16. The average molecular weight is 383 g/mol. The lowest BCUT2D eigenvalue weighted by Gasteiger charge is -2.02. The molecule has 0 radical (unpaired) electrons. The van der Waals surface area contributed by atoms with Crippen LogP contribution in [0.25, 0.3) is 6.08 Å². The monoisotopic (exact) mass is 383 g/mol. The largest absolute Gasteiger partial charge is 0.465 e. The molecule has 0 unspecified atom stereocenters. The van der Waals surface area contributed by atoms with Gasteiger partial charge in [0.15, 0.2) is 12.4 Å². The summed E-state index contributed by atoms with van der Waals surface area (Å²) in [5.41, 5.74) is 2.97. The van der Waals surface area contributed by atoms with Crippen LogP contribution in [0, 0.1) is 13.8 Å². The molecule has 0 fully saturated rings. The molecular formula is C21H21NO6. The molecule has 0 aliphatic rings. The molecule has 7 heteroatoms. The van der Waals surface area contributed by atoms with Gasteiger partial charge < -0.3 is 14.5 Å². The number of nitrogens with one attached hydrogen (secondary N) is 1. The maximum Gasteiger partial charge on any atom is 0.337 e. The van der Waals surface area contributed by atoms with Crippen molar-refractivity contribution in [2.24, 2.45) is 0 Å². The van der Waals surface area contributed by atoms with Crippen LogP contribution in [-0.2, 0) is 14.3 Å². The van der Waals surface area contributed by atoms with E-state index in [0.717, 1.165) is 0 Å². The number of Topliss-reactive ketones (excluding diaryl/α,β-unsaturated/α-hetero) is 2. The third kappa shape index (κ3) is 4.82. The van der Waals surface area contributed by atoms with Gasteiger partial charge in [0.1, 0.15) is 0 Å². The predicted molar refractivity (Wildman–Crippen MR) is 102 cm³/mol. The van der Waals surface area contributed by atoms with Crippen molar-refractivity contribution in [2.45, 2.75) is 20.8 Å². The number of aryl methyl sites for hydroxylation is 1. The summed E-state index contributed by atoms with van der Waals surface area (Å²) in [7, 11) is 1.30. The van der Waals surface area contributed by atoms with E-state index in [-0.39, 0.29) is 11.5 Å². The van der Waals surface area contributed by atoms with Crippen LogP contribution in [0.3, 0.4) is 0 Å². The minimum absolute atomic E-state index is 0.136. The molecular weight excluding hydrogens is 362 g/mol. The second kappa shape index (κ2) is 8.94. The van der Waals surface area contributed by atoms with E-state index < -0.39 is 24.3 Å². The van der Waals surface area contributed by atoms with Gasteiger partial charge in [-0.3, -0.25) is 9.59 Å². The van der Waals surface area contributed by atoms with Gasteiger partial charge in [0.05, 0.1) is 18.4 Å². The number of aromatic nitrogens is 1. The average Bonchev–Trinajstić information content (AvgIpc) is 2.98. The molecule has 0 saturated heterocycles. The van der Waals surface area contributed by atoms with Crippen LogP contribution in [0.4, 0.5) is 0 Å². The van der Waals surface area contributed by atoms with Gasteiger partial charge in [-0.25, -0.2) is 9.59 Å². The molecule has 0 aliphatic heterocycles. The first-order valence-electron chi connectivity index (χ1n) is 8.51. The minimum Gasteiger partial charge on any atom is -0.465 e. The first-order chi connectivity index (χ1) is 13.2. The highest BCUT2D eigenvalue weighted by Crippen LogP contribution is 2.19. The zero-order chi connectivity index (χ0) is 20.8. The first kappa shape index (κ1) is 20.8. The fourth-order valence-corrected chi connectivity index (χ4v) is 2.83. The highest BCUT2D eigenvalue weighted by molar-refractivity contribution is 6.04. The quantitative estimate of drug-likeness (QED) is 0.448. The SMILES string of the molecule is COC(=O)c1ccc(/C=C/C(=O)OCC(=O)c2[nH]c(C)c(C(C)=O)c2C)cc1. The topological polar surface area (TPSA) is 103 Å². The molecule has 28 heavy (non-hydrogen) atoms. The zero-order valence-corrected chi connectivity index (χ0v) is 16.1. The minimum atomic E-state index is -0.682. The lowest BCUT2D eigenvalue weighted by atomic mass is 10.1. The van der Waals surface area contributed by atoms with Gasteiger partial charge in [-0.1, -0.05) is 12.1 Å². The lowest BCUT2D eigenvalue weighted by molar-refractivity contribution is -0.136. The van der Waals surface area contributed by atoms with Gasteiger partial charge >= 0.3 is 11.9 Å². The molecule has 0 amide bonds. The summed E-state index contributed by atoms with van der Waals surface area (Å²) < 4.78 is 9.58. The fourth-order valence-electron chi connectivity index (χ4n) is 2.83. The smallest absolute Gasteiger partial charge is 0.337 e. The summed E-state index contributed by atoms with van der Waals surface area (Å²) in [4.78, 5) is 50.0. The Balaban J connectivity index is 1.96. The van der Waals surface area contributed by atoms with Crippen LogP contribution in [-0.4, -0.2) is 42.2 Å². The van der Waals surface area contributed by atoms with E-state index >= 15 is 0 Å². The van der Waals surface area contributed by atoms with Gasteiger partial charge in [0, 0.05) is 17.3 Å². The number of H-pyrrole nitrogens is 1. The number of methoxy groups -OCH3 is 1. The normalized spacial score (nSPS) is 10.7. The molecule has 0 spiro atoms. The highest BCUT2D eigenvalue weighted by atomic mass is 16.5. The van der Waals surface area contributed by atoms with Gasteiger partial charge in [0.2, 0.25) is 5.78 Å². The third-order valence-electron chi connectivity index (χ3n) is 4.16. The van der Waals surface area contributed by atoms with E-state index in [0.29, 0.717) is 27.9 Å². The molecule has 0 saturated carbocycles. The standard InChI is InChI=1S/C21H21NO6/c1-12-19(14(3)23)13(2)22-20(12)17(24)11-28-18(25)10-7-15-5-8-16(9-6-15)21(26)27-4/h5-10,22H,11H2,1-4H3/b10-7+. The molecule has 1 aromatic heterocycles. The number of rotatable bonds is 7. The number of aromatic amines is 1. The number of ether oxygens (including phenoxy) is 2. The molecule has 1 N–H and O–H groups in total. The van der Waals surface area contributed by atoms with Crippen LogP contribution in [0.2, 0.25) is 0 Å². The number of carbonyl (C=O) groups is 4. The second-order valence-corrected chi connectivity index (χ2v) is 6.16. The van der Waals surface area contributed by atoms with E-state index in [2.05, 4.69) is 9.72 Å². The summed E-state index contributed by atoms with van der Waals surface area (Å²) in [6.45, 7) is 4.37. The number of hydrogen-bond acceptors (Lipinski definition) is 6. The Kier molecular flexibility index (Phi) is 6.65. The van der Waals surface area contributed by atoms with Crippen molar-refractivity contribution in [3.05, 3.63) is 64.0 Å². The maximum absolute atomic E-state index is 12.3. The summed E-state index contributed by atoms with van der Waals surface area (Å²) >= 11 is 0. The second-order valence-electron chi connectivity index (χ2n) is 6.16. The molecule has 2 aromatic rings. The van der Waals surface area contributed by atoms with E-state index in [9.17, 15) is 19.2 Å². The Morgan fingerprint density at radius 2 is 1.71 bits per heavy atom. The highest BCUT2D eigenvalue weighted by Gasteiger charge is 2.20. The predicted octanol–water partition coefficient (Wildman–Crippen LogP) is 3.06. The van der Waals surface area contributed by atoms with Crippen molar-refractivity contribution < 1.29 is 28.7 Å². The summed E-state index contributed by atoms with van der Waals surface area (Å²) in [6.07, 6.45) is 2.69. The lowest BCUT2D eigenvalue weighted by Crippen LogP contribution is -2.14. The summed E-state index contributed by atoms with van der Waals surface area (Å²) in [5.74, 6) is -1.69. The van der Waals surface area contributed by atoms with E-state index in [1.54, 1.807) is 38.1 Å². The van der Waals surface area contributed by atoms with Crippen molar-refractivity contribution in [3.63, 3.8) is 0 Å². The van der Waals surface area contributed by atoms with Crippen molar-refractivity contribution >= 4 is 29.6 Å². The molecule has 1 heterocycles. The van der Waals surface area contributed by atoms with Crippen LogP contribution < -0.4 is 0 Å². The Morgan fingerprint density at radius 3 is 2.25 bits per heavy atom. The van der Waals surface area contributed by atoms with Crippen LogP contribution in [0.15, 0.2) is 30.3 Å². The Hall–Kier alpha value is -3.48. The molecule has 146 valence electrons. The fraction of sp³-hybridized carbons (Fsp3) is 0.238. The summed E-state index contributed by atoms with van der Waals surface area (Å²) in [6, 6.07) is 6.44. The number of ketones is 2. The number of esters is 2. The Morgan fingerprint density at radius 1 is 1.07 bits per heavy atom. The maximum atomic E-state index is 12.3. The molecule has 0 atom stereocenters. The van der Waals surface area contributed by atoms with Gasteiger partial charge in [-0.05, 0) is 50.1 Å². The van der Waals surface area contributed by atoms with Gasteiger partial charge in [-0.15, -0.1) is 0 Å². The number of benzene rings is 1. The number of carbonyl (C=O) groups excluding carboxylic acids is 4. The van der Waals surface area contributed by atoms with E-state index in [4.69, 9.17) is 4.74 Å². The van der Waals surface area contributed by atoms with Crippen LogP contribution in [0.1, 0.15) is 54.9 Å². The molecule has 0 aliphatic carbocycles. The molecule has 2 rings (SSSR count). The van der Waals surface area contributed by atoms with Gasteiger partial charge in [-0.2, -0.15) is 0 Å². The molecule has 1 aromatic carbocycles. The Bertz CT molecular complexity index is 950. The van der Waals surface area contributed by atoms with Crippen molar-refractivity contribution in [2.75, 3.05) is 13.7 Å². The van der Waals surface area contributed by atoms with Crippen molar-refractivity contribution in [3.8, 4) is 0 Å². The van der Waals surface area contributed by atoms with Crippen molar-refractivity contribution in [1.29, 1.82) is 0 Å². The van der Waals surface area contributed by atoms with Crippen LogP contribution >= 0.6 is 0 Å².